The average Bonchev–Trinajstić information content (AvgIpc) is 2.68. The summed E-state index contributed by atoms with van der Waals surface area (Å²) in [5.41, 5.74) is 2.05. The van der Waals surface area contributed by atoms with E-state index in [4.69, 9.17) is 0 Å². The van der Waals surface area contributed by atoms with Crippen molar-refractivity contribution in [2.24, 2.45) is 0 Å². The van der Waals surface area contributed by atoms with E-state index in [1.54, 1.807) is 29.2 Å². The van der Waals surface area contributed by atoms with Gasteiger partial charge in [0.05, 0.1) is 4.90 Å². The Morgan fingerprint density at radius 1 is 0.889 bits per heavy atom. The Bertz CT molecular complexity index is 814. The van der Waals surface area contributed by atoms with Crippen molar-refractivity contribution in [3.63, 3.8) is 0 Å². The maximum atomic E-state index is 12.4. The van der Waals surface area contributed by atoms with Crippen molar-refractivity contribution in [1.29, 1.82) is 0 Å². The van der Waals surface area contributed by atoms with Gasteiger partial charge in [-0.1, -0.05) is 42.5 Å². The van der Waals surface area contributed by atoms with Crippen molar-refractivity contribution in [1.82, 2.24) is 9.62 Å². The number of carbonyl (C=O) groups is 1. The molecule has 2 aromatic rings. The topological polar surface area (TPSA) is 66.5 Å². The normalized spacial score (nSPS) is 11.3. The second kappa shape index (κ2) is 10.2. The first-order valence-electron chi connectivity index (χ1n) is 9.36. The molecule has 0 fully saturated rings. The maximum Gasteiger partial charge on any atom is 0.240 e. The van der Waals surface area contributed by atoms with Crippen LogP contribution in [0.3, 0.4) is 0 Å². The molecule has 0 unspecified atom stereocenters. The zero-order valence-corrected chi connectivity index (χ0v) is 16.8. The SMILES string of the molecule is CCN(CC)C(=O)CCc1ccc(S(=O)(=O)NCCc2ccccc2)cc1. The van der Waals surface area contributed by atoms with Crippen LogP contribution in [-0.2, 0) is 27.7 Å². The molecule has 27 heavy (non-hydrogen) atoms. The summed E-state index contributed by atoms with van der Waals surface area (Å²) in [7, 11) is -3.52. The lowest BCUT2D eigenvalue weighted by Crippen LogP contribution is -2.30. The van der Waals surface area contributed by atoms with Gasteiger partial charge in [0.2, 0.25) is 15.9 Å². The fourth-order valence-electron chi connectivity index (χ4n) is 2.88. The molecule has 2 rings (SSSR count). The van der Waals surface area contributed by atoms with Crippen LogP contribution in [0.15, 0.2) is 59.5 Å². The number of benzene rings is 2. The van der Waals surface area contributed by atoms with Crippen LogP contribution in [0.5, 0.6) is 0 Å². The third-order valence-corrected chi connectivity index (χ3v) is 6.00. The van der Waals surface area contributed by atoms with E-state index in [1.807, 2.05) is 44.2 Å². The number of carbonyl (C=O) groups excluding carboxylic acids is 1. The monoisotopic (exact) mass is 388 g/mol. The number of rotatable bonds is 10. The first-order chi connectivity index (χ1) is 13.0. The lowest BCUT2D eigenvalue weighted by Gasteiger charge is -2.18. The molecule has 0 aromatic heterocycles. The number of nitrogens with one attached hydrogen (secondary N) is 1. The first kappa shape index (κ1) is 21.1. The number of aryl methyl sites for hydroxylation is 1. The van der Waals surface area contributed by atoms with Gasteiger partial charge in [-0.05, 0) is 49.9 Å². The molecule has 0 heterocycles. The summed E-state index contributed by atoms with van der Waals surface area (Å²) in [6.07, 6.45) is 1.69. The molecular formula is C21H28N2O3S. The molecular weight excluding hydrogens is 360 g/mol. The van der Waals surface area contributed by atoms with Crippen LogP contribution in [0, 0.1) is 0 Å². The summed E-state index contributed by atoms with van der Waals surface area (Å²) >= 11 is 0. The predicted octanol–water partition coefficient (Wildman–Crippen LogP) is 3.01. The van der Waals surface area contributed by atoms with E-state index in [-0.39, 0.29) is 10.8 Å². The quantitative estimate of drug-likeness (QED) is 0.680. The highest BCUT2D eigenvalue weighted by atomic mass is 32.2. The van der Waals surface area contributed by atoms with Gasteiger partial charge in [0.15, 0.2) is 0 Å². The molecule has 5 nitrogen and oxygen atoms in total. The second-order valence-corrected chi connectivity index (χ2v) is 8.11. The van der Waals surface area contributed by atoms with Gasteiger partial charge in [0.1, 0.15) is 0 Å². The van der Waals surface area contributed by atoms with Gasteiger partial charge in [-0.2, -0.15) is 0 Å². The summed E-state index contributed by atoms with van der Waals surface area (Å²) in [6, 6.07) is 16.5. The molecule has 0 radical (unpaired) electrons. The Morgan fingerprint density at radius 3 is 2.07 bits per heavy atom. The predicted molar refractivity (Wildman–Crippen MR) is 108 cm³/mol. The zero-order chi connectivity index (χ0) is 19.7. The summed E-state index contributed by atoms with van der Waals surface area (Å²) in [4.78, 5) is 14.1. The molecule has 0 aliphatic rings. The molecule has 6 heteroatoms. The molecule has 0 saturated heterocycles. The van der Waals surface area contributed by atoms with Crippen molar-refractivity contribution in [2.75, 3.05) is 19.6 Å². The lowest BCUT2D eigenvalue weighted by molar-refractivity contribution is -0.130. The Balaban J connectivity index is 1.88. The van der Waals surface area contributed by atoms with E-state index in [0.29, 0.717) is 38.9 Å². The summed E-state index contributed by atoms with van der Waals surface area (Å²) in [5.74, 6) is 0.124. The van der Waals surface area contributed by atoms with Crippen LogP contribution in [0.2, 0.25) is 0 Å². The van der Waals surface area contributed by atoms with Gasteiger partial charge in [-0.15, -0.1) is 0 Å². The molecule has 1 amide bonds. The largest absolute Gasteiger partial charge is 0.343 e. The van der Waals surface area contributed by atoms with Crippen molar-refractivity contribution in [2.45, 2.75) is 38.0 Å². The third-order valence-electron chi connectivity index (χ3n) is 4.53. The van der Waals surface area contributed by atoms with Crippen LogP contribution in [-0.4, -0.2) is 38.9 Å². The van der Waals surface area contributed by atoms with Crippen molar-refractivity contribution in [3.05, 3.63) is 65.7 Å². The van der Waals surface area contributed by atoms with Crippen LogP contribution >= 0.6 is 0 Å². The summed E-state index contributed by atoms with van der Waals surface area (Å²) in [5, 5.41) is 0. The van der Waals surface area contributed by atoms with Crippen LogP contribution in [0.4, 0.5) is 0 Å². The van der Waals surface area contributed by atoms with Crippen molar-refractivity contribution in [3.8, 4) is 0 Å². The highest BCUT2D eigenvalue weighted by molar-refractivity contribution is 7.89. The van der Waals surface area contributed by atoms with Gasteiger partial charge < -0.3 is 4.90 Å². The first-order valence-corrected chi connectivity index (χ1v) is 10.8. The zero-order valence-electron chi connectivity index (χ0n) is 16.0. The van der Waals surface area contributed by atoms with E-state index >= 15 is 0 Å². The van der Waals surface area contributed by atoms with Crippen LogP contribution in [0.1, 0.15) is 31.4 Å². The lowest BCUT2D eigenvalue weighted by atomic mass is 10.1. The molecule has 0 saturated carbocycles. The second-order valence-electron chi connectivity index (χ2n) is 6.34. The van der Waals surface area contributed by atoms with E-state index in [1.165, 1.54) is 0 Å². The molecule has 2 aromatic carbocycles. The highest BCUT2D eigenvalue weighted by Crippen LogP contribution is 2.13. The van der Waals surface area contributed by atoms with Gasteiger partial charge in [0.25, 0.3) is 0 Å². The van der Waals surface area contributed by atoms with Gasteiger partial charge in [-0.3, -0.25) is 4.79 Å². The van der Waals surface area contributed by atoms with Gasteiger partial charge in [0, 0.05) is 26.1 Å². The number of sulfonamides is 1. The van der Waals surface area contributed by atoms with Crippen LogP contribution < -0.4 is 4.72 Å². The molecule has 1 N–H and O–H groups in total. The van der Waals surface area contributed by atoms with Crippen molar-refractivity contribution >= 4 is 15.9 Å². The minimum atomic E-state index is -3.52. The smallest absolute Gasteiger partial charge is 0.240 e. The average molecular weight is 389 g/mol. The Morgan fingerprint density at radius 2 is 1.48 bits per heavy atom. The third kappa shape index (κ3) is 6.48. The maximum absolute atomic E-state index is 12.4. The van der Waals surface area contributed by atoms with Crippen molar-refractivity contribution < 1.29 is 13.2 Å². The van der Waals surface area contributed by atoms with Crippen LogP contribution in [0.25, 0.3) is 0 Å². The highest BCUT2D eigenvalue weighted by Gasteiger charge is 2.14. The fourth-order valence-corrected chi connectivity index (χ4v) is 3.91. The molecule has 0 spiro atoms. The van der Waals surface area contributed by atoms with E-state index < -0.39 is 10.0 Å². The number of hydrogen-bond acceptors (Lipinski definition) is 3. The standard InChI is InChI=1S/C21H28N2O3S/c1-3-23(4-2)21(24)15-12-19-10-13-20(14-11-19)27(25,26)22-17-16-18-8-6-5-7-9-18/h5-11,13-14,22H,3-4,12,15-17H2,1-2H3. The minimum absolute atomic E-state index is 0.124. The number of nitrogens with zero attached hydrogens (tertiary/aromatic N) is 1. The summed E-state index contributed by atoms with van der Waals surface area (Å²) in [6.45, 7) is 5.70. The Hall–Kier alpha value is -2.18. The molecule has 0 aliphatic carbocycles. The molecule has 0 aliphatic heterocycles. The summed E-state index contributed by atoms with van der Waals surface area (Å²) < 4.78 is 27.4. The number of amides is 1. The minimum Gasteiger partial charge on any atom is -0.343 e. The Labute approximate surface area is 162 Å². The number of hydrogen-bond donors (Lipinski definition) is 1. The van der Waals surface area contributed by atoms with E-state index in [2.05, 4.69) is 4.72 Å². The Kier molecular flexibility index (Phi) is 8.00. The van der Waals surface area contributed by atoms with E-state index in [0.717, 1.165) is 11.1 Å². The fraction of sp³-hybridized carbons (Fsp3) is 0.381. The van der Waals surface area contributed by atoms with Gasteiger partial charge in [-0.25, -0.2) is 13.1 Å². The van der Waals surface area contributed by atoms with Gasteiger partial charge >= 0.3 is 0 Å². The molecule has 0 atom stereocenters. The van der Waals surface area contributed by atoms with E-state index in [9.17, 15) is 13.2 Å². The molecule has 0 bridgehead atoms. The molecule has 146 valence electrons.